The van der Waals surface area contributed by atoms with E-state index in [0.29, 0.717) is 6.04 Å². The predicted molar refractivity (Wildman–Crippen MR) is 78.2 cm³/mol. The maximum Gasteiger partial charge on any atom is 0.120 e. The van der Waals surface area contributed by atoms with E-state index in [1.807, 2.05) is 24.3 Å². The number of nitrogens with zero attached hydrogens (tertiary/aromatic N) is 1. The Balaban J connectivity index is 1.77. The van der Waals surface area contributed by atoms with Crippen LogP contribution in [0, 0.1) is 0 Å². The largest absolute Gasteiger partial charge is 0.492 e. The molecule has 0 aliphatic carbocycles. The number of rotatable bonds is 5. The van der Waals surface area contributed by atoms with Gasteiger partial charge in [-0.1, -0.05) is 28.9 Å². The maximum atomic E-state index is 5.79. The number of ether oxygens (including phenoxy) is 1. The Bertz CT molecular complexity index is 373. The first-order chi connectivity index (χ1) is 8.79. The monoisotopic (exact) mass is 312 g/mol. The fourth-order valence-corrected chi connectivity index (χ4v) is 2.72. The van der Waals surface area contributed by atoms with Crippen molar-refractivity contribution in [1.82, 2.24) is 10.2 Å². The summed E-state index contributed by atoms with van der Waals surface area (Å²) in [6.07, 6.45) is 1.20. The lowest BCUT2D eigenvalue weighted by Crippen LogP contribution is -2.51. The van der Waals surface area contributed by atoms with Gasteiger partial charge in [-0.25, -0.2) is 0 Å². The molecule has 1 aliphatic rings. The molecule has 1 aromatic rings. The van der Waals surface area contributed by atoms with Crippen LogP contribution in [0.3, 0.4) is 0 Å². The number of hydrogen-bond acceptors (Lipinski definition) is 3. The van der Waals surface area contributed by atoms with Crippen molar-refractivity contribution in [3.8, 4) is 5.75 Å². The van der Waals surface area contributed by atoms with Gasteiger partial charge in [0, 0.05) is 36.7 Å². The van der Waals surface area contributed by atoms with Crippen molar-refractivity contribution >= 4 is 15.9 Å². The molecule has 1 aromatic carbocycles. The Morgan fingerprint density at radius 3 is 3.17 bits per heavy atom. The van der Waals surface area contributed by atoms with E-state index in [0.717, 1.165) is 43.0 Å². The van der Waals surface area contributed by atoms with Crippen LogP contribution in [-0.2, 0) is 0 Å². The predicted octanol–water partition coefficient (Wildman–Crippen LogP) is 2.51. The average molecular weight is 313 g/mol. The van der Waals surface area contributed by atoms with Crippen LogP contribution in [0.1, 0.15) is 13.3 Å². The van der Waals surface area contributed by atoms with Gasteiger partial charge in [-0.05, 0) is 24.6 Å². The third-order valence-corrected chi connectivity index (χ3v) is 3.88. The van der Waals surface area contributed by atoms with E-state index >= 15 is 0 Å². The molecule has 1 heterocycles. The molecule has 2 rings (SSSR count). The summed E-state index contributed by atoms with van der Waals surface area (Å²) in [5.41, 5.74) is 0. The van der Waals surface area contributed by atoms with E-state index in [1.165, 1.54) is 6.42 Å². The zero-order chi connectivity index (χ0) is 12.8. The van der Waals surface area contributed by atoms with Crippen molar-refractivity contribution in [2.24, 2.45) is 0 Å². The minimum atomic E-state index is 0.657. The van der Waals surface area contributed by atoms with E-state index in [4.69, 9.17) is 4.74 Å². The third kappa shape index (κ3) is 3.97. The number of piperazine rings is 1. The summed E-state index contributed by atoms with van der Waals surface area (Å²) in [5.74, 6) is 0.938. The topological polar surface area (TPSA) is 24.5 Å². The second-order valence-corrected chi connectivity index (χ2v) is 5.52. The summed E-state index contributed by atoms with van der Waals surface area (Å²) in [6, 6.07) is 8.68. The summed E-state index contributed by atoms with van der Waals surface area (Å²) in [6.45, 7) is 7.33. The SMILES string of the molecule is CCC1CNCCN1CCOc1cccc(Br)c1. The van der Waals surface area contributed by atoms with Crippen LogP contribution in [0.4, 0.5) is 0 Å². The minimum absolute atomic E-state index is 0.657. The number of benzene rings is 1. The van der Waals surface area contributed by atoms with Crippen molar-refractivity contribution < 1.29 is 4.74 Å². The van der Waals surface area contributed by atoms with E-state index in [-0.39, 0.29) is 0 Å². The van der Waals surface area contributed by atoms with Crippen LogP contribution in [0.5, 0.6) is 5.75 Å². The normalized spacial score (nSPS) is 20.9. The van der Waals surface area contributed by atoms with Crippen molar-refractivity contribution in [2.75, 3.05) is 32.8 Å². The van der Waals surface area contributed by atoms with Crippen molar-refractivity contribution in [3.05, 3.63) is 28.7 Å². The van der Waals surface area contributed by atoms with E-state index in [2.05, 4.69) is 33.1 Å². The van der Waals surface area contributed by atoms with Crippen molar-refractivity contribution in [1.29, 1.82) is 0 Å². The molecule has 1 N–H and O–H groups in total. The van der Waals surface area contributed by atoms with Gasteiger partial charge >= 0.3 is 0 Å². The standard InChI is InChI=1S/C14H21BrN2O/c1-2-13-11-16-6-7-17(13)8-9-18-14-5-3-4-12(15)10-14/h3-5,10,13,16H,2,6-9,11H2,1H3. The Kier molecular flexibility index (Phi) is 5.47. The van der Waals surface area contributed by atoms with Crippen LogP contribution in [0.15, 0.2) is 28.7 Å². The van der Waals surface area contributed by atoms with Crippen LogP contribution in [0.2, 0.25) is 0 Å². The highest BCUT2D eigenvalue weighted by molar-refractivity contribution is 9.10. The molecule has 1 fully saturated rings. The summed E-state index contributed by atoms with van der Waals surface area (Å²) in [7, 11) is 0. The fourth-order valence-electron chi connectivity index (χ4n) is 2.34. The number of hydrogen-bond donors (Lipinski definition) is 1. The molecule has 1 unspecified atom stereocenters. The zero-order valence-electron chi connectivity index (χ0n) is 10.9. The minimum Gasteiger partial charge on any atom is -0.492 e. The Morgan fingerprint density at radius 1 is 1.50 bits per heavy atom. The van der Waals surface area contributed by atoms with Gasteiger partial charge in [0.25, 0.3) is 0 Å². The Labute approximate surface area is 118 Å². The highest BCUT2D eigenvalue weighted by atomic mass is 79.9. The van der Waals surface area contributed by atoms with Gasteiger partial charge in [-0.2, -0.15) is 0 Å². The quantitative estimate of drug-likeness (QED) is 0.904. The number of nitrogens with one attached hydrogen (secondary N) is 1. The lowest BCUT2D eigenvalue weighted by atomic mass is 10.1. The van der Waals surface area contributed by atoms with Gasteiger partial charge in [0.15, 0.2) is 0 Å². The second kappa shape index (κ2) is 7.12. The second-order valence-electron chi connectivity index (χ2n) is 4.61. The summed E-state index contributed by atoms with van der Waals surface area (Å²) >= 11 is 3.45. The van der Waals surface area contributed by atoms with Gasteiger partial charge in [0.05, 0.1) is 0 Å². The van der Waals surface area contributed by atoms with Crippen LogP contribution in [-0.4, -0.2) is 43.7 Å². The summed E-state index contributed by atoms with van der Waals surface area (Å²) in [4.78, 5) is 2.52. The molecule has 0 saturated carbocycles. The molecule has 1 aliphatic heterocycles. The first-order valence-corrected chi connectivity index (χ1v) is 7.42. The van der Waals surface area contributed by atoms with Gasteiger partial charge in [0.1, 0.15) is 12.4 Å². The lowest BCUT2D eigenvalue weighted by molar-refractivity contribution is 0.130. The van der Waals surface area contributed by atoms with Gasteiger partial charge < -0.3 is 10.1 Å². The summed E-state index contributed by atoms with van der Waals surface area (Å²) in [5, 5.41) is 3.44. The molecular weight excluding hydrogens is 292 g/mol. The maximum absolute atomic E-state index is 5.79. The van der Waals surface area contributed by atoms with Gasteiger partial charge in [0.2, 0.25) is 0 Å². The fraction of sp³-hybridized carbons (Fsp3) is 0.571. The molecule has 4 heteroatoms. The average Bonchev–Trinajstić information content (AvgIpc) is 2.39. The van der Waals surface area contributed by atoms with E-state index < -0.39 is 0 Å². The van der Waals surface area contributed by atoms with E-state index in [1.54, 1.807) is 0 Å². The molecule has 0 aromatic heterocycles. The summed E-state index contributed by atoms with van der Waals surface area (Å²) < 4.78 is 6.85. The van der Waals surface area contributed by atoms with Gasteiger partial charge in [-0.15, -0.1) is 0 Å². The van der Waals surface area contributed by atoms with Crippen LogP contribution >= 0.6 is 15.9 Å². The molecule has 1 saturated heterocycles. The molecule has 1 atom stereocenters. The molecule has 0 radical (unpaired) electrons. The third-order valence-electron chi connectivity index (χ3n) is 3.39. The molecule has 100 valence electrons. The lowest BCUT2D eigenvalue weighted by Gasteiger charge is -2.35. The Hall–Kier alpha value is -0.580. The molecule has 0 amide bonds. The van der Waals surface area contributed by atoms with Gasteiger partial charge in [-0.3, -0.25) is 4.90 Å². The molecule has 3 nitrogen and oxygen atoms in total. The van der Waals surface area contributed by atoms with Crippen molar-refractivity contribution in [3.63, 3.8) is 0 Å². The molecule has 0 bridgehead atoms. The first-order valence-electron chi connectivity index (χ1n) is 6.62. The first kappa shape index (κ1) is 13.8. The van der Waals surface area contributed by atoms with Crippen molar-refractivity contribution in [2.45, 2.75) is 19.4 Å². The highest BCUT2D eigenvalue weighted by Gasteiger charge is 2.19. The molecule has 18 heavy (non-hydrogen) atoms. The molecular formula is C14H21BrN2O. The number of halogens is 1. The highest BCUT2D eigenvalue weighted by Crippen LogP contribution is 2.17. The van der Waals surface area contributed by atoms with E-state index in [9.17, 15) is 0 Å². The van der Waals surface area contributed by atoms with Crippen LogP contribution in [0.25, 0.3) is 0 Å². The smallest absolute Gasteiger partial charge is 0.120 e. The molecule has 0 spiro atoms. The zero-order valence-corrected chi connectivity index (χ0v) is 12.4. The Morgan fingerprint density at radius 2 is 2.39 bits per heavy atom. The van der Waals surface area contributed by atoms with Crippen LogP contribution < -0.4 is 10.1 Å².